The van der Waals surface area contributed by atoms with Crippen LogP contribution in [0.15, 0.2) is 114 Å². The Kier molecular flexibility index (Phi) is 9.61. The number of nitrogens with zero attached hydrogens (tertiary/aromatic N) is 4. The van der Waals surface area contributed by atoms with Crippen molar-refractivity contribution in [3.05, 3.63) is 142 Å². The topological polar surface area (TPSA) is 114 Å². The summed E-state index contributed by atoms with van der Waals surface area (Å²) in [5.41, 5.74) is 4.29. The molecule has 0 spiro atoms. The average Bonchev–Trinajstić information content (AvgIpc) is 3.36. The van der Waals surface area contributed by atoms with Gasteiger partial charge in [-0.25, -0.2) is 5.01 Å². The molecule has 0 aliphatic carbocycles. The summed E-state index contributed by atoms with van der Waals surface area (Å²) in [4.78, 5) is 43.8. The lowest BCUT2D eigenvalue weighted by molar-refractivity contribution is -0.139. The van der Waals surface area contributed by atoms with Gasteiger partial charge in [-0.1, -0.05) is 97.4 Å². The zero-order valence-electron chi connectivity index (χ0n) is 28.3. The highest BCUT2D eigenvalue weighted by Gasteiger charge is 2.52. The summed E-state index contributed by atoms with van der Waals surface area (Å²) in [5, 5.41) is 28.7. The van der Waals surface area contributed by atoms with E-state index < -0.39 is 17.4 Å². The number of carbonyl (C=O) groups is 3. The van der Waals surface area contributed by atoms with Crippen LogP contribution in [0.5, 0.6) is 0 Å². The molecule has 0 saturated heterocycles. The Hall–Kier alpha value is -5.09. The van der Waals surface area contributed by atoms with Crippen LogP contribution in [0.4, 0.5) is 11.4 Å². The van der Waals surface area contributed by atoms with Gasteiger partial charge in [0.25, 0.3) is 5.91 Å². The van der Waals surface area contributed by atoms with Crippen molar-refractivity contribution in [2.75, 3.05) is 16.5 Å². The fraction of sp³-hybridized carbons (Fsp3) is 0.268. The van der Waals surface area contributed by atoms with Crippen LogP contribution in [0, 0.1) is 5.92 Å². The van der Waals surface area contributed by atoms with Crippen molar-refractivity contribution >= 4 is 46.4 Å². The molecular formula is C41H39ClN4O5. The summed E-state index contributed by atoms with van der Waals surface area (Å²) in [6.07, 6.45) is 4.89. The SMILES string of the molecule is C[C@H](/C=C/CC(=O)N1Cc2ccccc2C[C@H]1CO)[C@@]1(O)C(=O)N(Cc2cccc(N3N=C(c4ccccc4)CCC3=O)c2)c2ccc(Cl)cc21. The van der Waals surface area contributed by atoms with Crippen molar-refractivity contribution in [1.29, 1.82) is 0 Å². The summed E-state index contributed by atoms with van der Waals surface area (Å²) in [5.74, 6) is -1.48. The monoisotopic (exact) mass is 702 g/mol. The lowest BCUT2D eigenvalue weighted by Crippen LogP contribution is -2.46. The molecule has 0 fully saturated rings. The fourth-order valence-electron chi connectivity index (χ4n) is 7.31. The number of hydrogen-bond donors (Lipinski definition) is 2. The molecule has 0 aromatic heterocycles. The van der Waals surface area contributed by atoms with Crippen molar-refractivity contribution < 1.29 is 24.6 Å². The van der Waals surface area contributed by atoms with Gasteiger partial charge in [-0.05, 0) is 59.0 Å². The summed E-state index contributed by atoms with van der Waals surface area (Å²) in [6.45, 7) is 2.15. The van der Waals surface area contributed by atoms with Crippen molar-refractivity contribution in [3.63, 3.8) is 0 Å². The Morgan fingerprint density at radius 3 is 2.53 bits per heavy atom. The maximum absolute atomic E-state index is 14.2. The van der Waals surface area contributed by atoms with Gasteiger partial charge >= 0.3 is 0 Å². The van der Waals surface area contributed by atoms with Gasteiger partial charge in [0.15, 0.2) is 5.60 Å². The van der Waals surface area contributed by atoms with Crippen LogP contribution >= 0.6 is 11.6 Å². The number of benzene rings is 4. The molecule has 0 bridgehead atoms. The average molecular weight is 703 g/mol. The summed E-state index contributed by atoms with van der Waals surface area (Å²) in [6, 6.07) is 29.7. The van der Waals surface area contributed by atoms with E-state index in [-0.39, 0.29) is 37.4 Å². The van der Waals surface area contributed by atoms with Crippen LogP contribution in [-0.4, -0.2) is 51.2 Å². The molecule has 3 aliphatic heterocycles. The zero-order chi connectivity index (χ0) is 35.7. The Morgan fingerprint density at radius 2 is 1.75 bits per heavy atom. The molecule has 3 aliphatic rings. The second-order valence-corrected chi connectivity index (χ2v) is 13.8. The zero-order valence-corrected chi connectivity index (χ0v) is 29.0. The second kappa shape index (κ2) is 14.3. The largest absolute Gasteiger partial charge is 0.394 e. The van der Waals surface area contributed by atoms with E-state index in [0.29, 0.717) is 47.8 Å². The van der Waals surface area contributed by atoms with E-state index in [0.717, 1.165) is 28.0 Å². The smallest absolute Gasteiger partial charge is 0.264 e. The highest BCUT2D eigenvalue weighted by atomic mass is 35.5. The number of halogens is 1. The van der Waals surface area contributed by atoms with E-state index in [2.05, 4.69) is 0 Å². The molecule has 10 heteroatoms. The molecule has 2 N–H and O–H groups in total. The summed E-state index contributed by atoms with van der Waals surface area (Å²) in [7, 11) is 0. The molecule has 51 heavy (non-hydrogen) atoms. The fourth-order valence-corrected chi connectivity index (χ4v) is 7.48. The maximum atomic E-state index is 14.2. The number of hydrazone groups is 1. The van der Waals surface area contributed by atoms with E-state index >= 15 is 0 Å². The van der Waals surface area contributed by atoms with Crippen LogP contribution < -0.4 is 9.91 Å². The number of fused-ring (bicyclic) bond motifs is 2. The molecule has 9 nitrogen and oxygen atoms in total. The first-order valence-corrected chi connectivity index (χ1v) is 17.6. The first-order valence-electron chi connectivity index (χ1n) is 17.2. The summed E-state index contributed by atoms with van der Waals surface area (Å²) >= 11 is 6.40. The lowest BCUT2D eigenvalue weighted by atomic mass is 9.83. The molecule has 0 unspecified atom stereocenters. The van der Waals surface area contributed by atoms with Crippen molar-refractivity contribution in [3.8, 4) is 0 Å². The van der Waals surface area contributed by atoms with Crippen LogP contribution in [0.25, 0.3) is 0 Å². The molecule has 3 atom stereocenters. The first-order chi connectivity index (χ1) is 24.7. The van der Waals surface area contributed by atoms with Crippen LogP contribution in [0.3, 0.4) is 0 Å². The quantitative estimate of drug-likeness (QED) is 0.204. The number of aliphatic hydroxyl groups is 2. The van der Waals surface area contributed by atoms with Crippen molar-refractivity contribution in [1.82, 2.24) is 4.90 Å². The van der Waals surface area contributed by atoms with E-state index in [1.54, 1.807) is 42.2 Å². The van der Waals surface area contributed by atoms with Gasteiger partial charge in [0.2, 0.25) is 11.8 Å². The third kappa shape index (κ3) is 6.60. The number of carbonyl (C=O) groups excluding carboxylic acids is 3. The minimum Gasteiger partial charge on any atom is -0.394 e. The Morgan fingerprint density at radius 1 is 0.980 bits per heavy atom. The molecule has 7 rings (SSSR count). The van der Waals surface area contributed by atoms with Crippen LogP contribution in [0.1, 0.15) is 54.0 Å². The van der Waals surface area contributed by atoms with Gasteiger partial charge in [0.1, 0.15) is 0 Å². The van der Waals surface area contributed by atoms with E-state index in [1.807, 2.05) is 78.9 Å². The molecule has 0 saturated carbocycles. The highest BCUT2D eigenvalue weighted by Crippen LogP contribution is 2.47. The predicted molar refractivity (Wildman–Crippen MR) is 197 cm³/mol. The molecule has 4 aromatic rings. The van der Waals surface area contributed by atoms with E-state index in [4.69, 9.17) is 16.7 Å². The van der Waals surface area contributed by atoms with Gasteiger partial charge in [-0.2, -0.15) is 5.10 Å². The summed E-state index contributed by atoms with van der Waals surface area (Å²) < 4.78 is 0. The molecule has 4 aromatic carbocycles. The number of anilines is 2. The second-order valence-electron chi connectivity index (χ2n) is 13.4. The Bertz CT molecular complexity index is 2050. The van der Waals surface area contributed by atoms with Gasteiger partial charge in [-0.3, -0.25) is 14.4 Å². The van der Waals surface area contributed by atoms with E-state index in [1.165, 1.54) is 9.91 Å². The van der Waals surface area contributed by atoms with Gasteiger partial charge in [0.05, 0.1) is 36.3 Å². The third-order valence-electron chi connectivity index (χ3n) is 10.1. The standard InChI is InChI=1S/C41H39ClN4O5/c1-27(9-7-16-38(48)44-25-31-14-6-5-13-30(31)22-34(44)26-47)41(51)35-23-32(42)17-19-37(35)45(40(41)50)24-28-10-8-15-33(21-28)46-39(49)20-18-36(43-46)29-11-3-2-4-12-29/h2-15,17,19,21,23,27,34,47,51H,16,18,20,22,24-26H2,1H3/b9-7+/t27-,34+,41+/m1/s1. The lowest BCUT2D eigenvalue weighted by Gasteiger charge is -2.36. The maximum Gasteiger partial charge on any atom is 0.264 e. The predicted octanol–water partition coefficient (Wildman–Crippen LogP) is 6.13. The first kappa shape index (κ1) is 34.4. The number of aliphatic hydroxyl groups excluding tert-OH is 1. The number of hydrogen-bond acceptors (Lipinski definition) is 6. The molecule has 0 radical (unpaired) electrons. The molecular weight excluding hydrogens is 664 g/mol. The van der Waals surface area contributed by atoms with E-state index in [9.17, 15) is 24.6 Å². The molecule has 3 heterocycles. The van der Waals surface area contributed by atoms with Gasteiger partial charge < -0.3 is 20.0 Å². The molecule has 260 valence electrons. The minimum atomic E-state index is -1.94. The van der Waals surface area contributed by atoms with Gasteiger partial charge in [0, 0.05) is 42.3 Å². The Labute approximate surface area is 302 Å². The van der Waals surface area contributed by atoms with Crippen molar-refractivity contribution in [2.24, 2.45) is 11.0 Å². The number of rotatable bonds is 9. The molecule has 3 amide bonds. The Balaban J connectivity index is 1.10. The normalized spacial score (nSPS) is 20.7. The minimum absolute atomic E-state index is 0.0515. The van der Waals surface area contributed by atoms with Crippen LogP contribution in [0.2, 0.25) is 5.02 Å². The third-order valence-corrected chi connectivity index (χ3v) is 10.4. The highest BCUT2D eigenvalue weighted by molar-refractivity contribution is 6.31. The number of amides is 3. The van der Waals surface area contributed by atoms with Crippen LogP contribution in [-0.2, 0) is 39.5 Å². The van der Waals surface area contributed by atoms with Crippen molar-refractivity contribution in [2.45, 2.75) is 57.3 Å². The van der Waals surface area contributed by atoms with Gasteiger partial charge in [-0.15, -0.1) is 0 Å².